The maximum Gasteiger partial charge on any atom is 0.325 e. The smallest absolute Gasteiger partial charge is 0.325 e. The van der Waals surface area contributed by atoms with Gasteiger partial charge in [-0.15, -0.1) is 0 Å². The number of benzene rings is 1. The van der Waals surface area contributed by atoms with Crippen LogP contribution in [-0.2, 0) is 22.6 Å². The first-order valence-corrected chi connectivity index (χ1v) is 8.37. The predicted octanol–water partition coefficient (Wildman–Crippen LogP) is 2.52. The van der Waals surface area contributed by atoms with Crippen molar-refractivity contribution < 1.29 is 14.3 Å². The summed E-state index contributed by atoms with van der Waals surface area (Å²) in [5, 5.41) is 5.24. The van der Waals surface area contributed by atoms with E-state index in [1.54, 1.807) is 6.92 Å². The van der Waals surface area contributed by atoms with Crippen LogP contribution in [0.1, 0.15) is 29.3 Å². The largest absolute Gasteiger partial charge is 0.465 e. The van der Waals surface area contributed by atoms with Crippen LogP contribution in [-0.4, -0.2) is 29.7 Å². The SMILES string of the molecule is CCOC(=O)CNC(=O)NCc1cccn1Cc1cc(C)ccc1C. The molecular formula is C19H25N3O3. The highest BCUT2D eigenvalue weighted by Crippen LogP contribution is 2.14. The van der Waals surface area contributed by atoms with E-state index in [4.69, 9.17) is 4.74 Å². The maximum absolute atomic E-state index is 11.8. The summed E-state index contributed by atoms with van der Waals surface area (Å²) in [6.07, 6.45) is 2.00. The van der Waals surface area contributed by atoms with Gasteiger partial charge < -0.3 is 19.9 Å². The fourth-order valence-corrected chi connectivity index (χ4v) is 2.52. The average molecular weight is 343 g/mol. The molecule has 2 N–H and O–H groups in total. The van der Waals surface area contributed by atoms with Crippen LogP contribution in [0.25, 0.3) is 0 Å². The zero-order valence-electron chi connectivity index (χ0n) is 15.0. The van der Waals surface area contributed by atoms with Crippen LogP contribution in [0.15, 0.2) is 36.5 Å². The Morgan fingerprint density at radius 2 is 1.96 bits per heavy atom. The van der Waals surface area contributed by atoms with Crippen LogP contribution >= 0.6 is 0 Å². The Kier molecular flexibility index (Phi) is 6.62. The molecule has 0 unspecified atom stereocenters. The van der Waals surface area contributed by atoms with Gasteiger partial charge in [-0.1, -0.05) is 23.8 Å². The van der Waals surface area contributed by atoms with Crippen molar-refractivity contribution in [3.8, 4) is 0 Å². The molecule has 134 valence electrons. The Morgan fingerprint density at radius 3 is 2.72 bits per heavy atom. The number of hydrogen-bond acceptors (Lipinski definition) is 3. The van der Waals surface area contributed by atoms with E-state index < -0.39 is 12.0 Å². The van der Waals surface area contributed by atoms with Crippen molar-refractivity contribution in [3.63, 3.8) is 0 Å². The average Bonchev–Trinajstić information content (AvgIpc) is 3.02. The summed E-state index contributed by atoms with van der Waals surface area (Å²) in [6.45, 7) is 7.20. The van der Waals surface area contributed by atoms with E-state index in [-0.39, 0.29) is 6.54 Å². The first-order chi connectivity index (χ1) is 12.0. The summed E-state index contributed by atoms with van der Waals surface area (Å²) in [7, 11) is 0. The molecule has 2 aromatic rings. The van der Waals surface area contributed by atoms with E-state index in [0.717, 1.165) is 12.2 Å². The zero-order valence-corrected chi connectivity index (χ0v) is 15.0. The Morgan fingerprint density at radius 1 is 1.16 bits per heavy atom. The van der Waals surface area contributed by atoms with Crippen LogP contribution in [0.2, 0.25) is 0 Å². The molecule has 6 nitrogen and oxygen atoms in total. The quantitative estimate of drug-likeness (QED) is 0.759. The van der Waals surface area contributed by atoms with E-state index in [9.17, 15) is 9.59 Å². The molecule has 0 saturated carbocycles. The first kappa shape index (κ1) is 18.6. The molecule has 0 saturated heterocycles. The standard InChI is InChI=1S/C19H25N3O3/c1-4-25-18(23)12-21-19(24)20-11-17-6-5-9-22(17)13-16-10-14(2)7-8-15(16)3/h5-10H,4,11-13H2,1-3H3,(H2,20,21,24). The van der Waals surface area contributed by atoms with Crippen molar-refractivity contribution in [1.82, 2.24) is 15.2 Å². The molecule has 25 heavy (non-hydrogen) atoms. The highest BCUT2D eigenvalue weighted by atomic mass is 16.5. The number of rotatable bonds is 7. The molecule has 0 aliphatic heterocycles. The second kappa shape index (κ2) is 8.92. The van der Waals surface area contributed by atoms with Crippen LogP contribution in [0.4, 0.5) is 4.79 Å². The molecule has 0 bridgehead atoms. The van der Waals surface area contributed by atoms with Crippen molar-refractivity contribution in [3.05, 3.63) is 58.9 Å². The zero-order chi connectivity index (χ0) is 18.2. The van der Waals surface area contributed by atoms with Gasteiger partial charge in [0, 0.05) is 18.4 Å². The number of hydrogen-bond donors (Lipinski definition) is 2. The lowest BCUT2D eigenvalue weighted by molar-refractivity contribution is -0.141. The summed E-state index contributed by atoms with van der Waals surface area (Å²) in [4.78, 5) is 23.0. The molecule has 1 aromatic heterocycles. The molecule has 0 fully saturated rings. The lowest BCUT2D eigenvalue weighted by Gasteiger charge is -2.13. The van der Waals surface area contributed by atoms with Gasteiger partial charge in [-0.25, -0.2) is 4.79 Å². The minimum absolute atomic E-state index is 0.136. The Balaban J connectivity index is 1.90. The van der Waals surface area contributed by atoms with Crippen molar-refractivity contribution in [2.45, 2.75) is 33.9 Å². The second-order valence-electron chi connectivity index (χ2n) is 5.90. The van der Waals surface area contributed by atoms with Crippen LogP contribution in [0.5, 0.6) is 0 Å². The highest BCUT2D eigenvalue weighted by molar-refractivity contribution is 5.80. The predicted molar refractivity (Wildman–Crippen MR) is 96.3 cm³/mol. The van der Waals surface area contributed by atoms with Gasteiger partial charge in [-0.05, 0) is 44.0 Å². The lowest BCUT2D eigenvalue weighted by atomic mass is 10.1. The van der Waals surface area contributed by atoms with Gasteiger partial charge in [0.1, 0.15) is 6.54 Å². The van der Waals surface area contributed by atoms with E-state index in [1.165, 1.54) is 16.7 Å². The molecular weight excluding hydrogens is 318 g/mol. The molecule has 1 aromatic carbocycles. The summed E-state index contributed by atoms with van der Waals surface area (Å²) in [5.74, 6) is -0.448. The monoisotopic (exact) mass is 343 g/mol. The van der Waals surface area contributed by atoms with E-state index in [1.807, 2.05) is 18.3 Å². The minimum Gasteiger partial charge on any atom is -0.465 e. The number of amides is 2. The molecule has 0 spiro atoms. The third kappa shape index (κ3) is 5.67. The summed E-state index contributed by atoms with van der Waals surface area (Å²) < 4.78 is 6.87. The number of urea groups is 1. The fourth-order valence-electron chi connectivity index (χ4n) is 2.52. The molecule has 6 heteroatoms. The molecule has 1 heterocycles. The van der Waals surface area contributed by atoms with Gasteiger partial charge in [0.25, 0.3) is 0 Å². The van der Waals surface area contributed by atoms with Gasteiger partial charge >= 0.3 is 12.0 Å². The fraction of sp³-hybridized carbons (Fsp3) is 0.368. The Hall–Kier alpha value is -2.76. The molecule has 0 radical (unpaired) electrons. The summed E-state index contributed by atoms with van der Waals surface area (Å²) in [6, 6.07) is 9.93. The minimum atomic E-state index is -0.448. The van der Waals surface area contributed by atoms with Crippen LogP contribution < -0.4 is 10.6 Å². The second-order valence-corrected chi connectivity index (χ2v) is 5.90. The molecule has 0 aliphatic carbocycles. The molecule has 2 rings (SSSR count). The number of nitrogens with zero attached hydrogens (tertiary/aromatic N) is 1. The number of carbonyl (C=O) groups excluding carboxylic acids is 2. The molecule has 2 amide bonds. The third-order valence-electron chi connectivity index (χ3n) is 3.90. The number of carbonyl (C=O) groups is 2. The highest BCUT2D eigenvalue weighted by Gasteiger charge is 2.08. The first-order valence-electron chi connectivity index (χ1n) is 8.37. The topological polar surface area (TPSA) is 72.4 Å². The lowest BCUT2D eigenvalue weighted by Crippen LogP contribution is -2.38. The molecule has 0 aliphatic rings. The maximum atomic E-state index is 11.8. The normalized spacial score (nSPS) is 10.4. The summed E-state index contributed by atoms with van der Waals surface area (Å²) >= 11 is 0. The van der Waals surface area contributed by atoms with E-state index in [2.05, 4.69) is 47.2 Å². The Labute approximate surface area is 148 Å². The number of ether oxygens (including phenoxy) is 1. The van der Waals surface area contributed by atoms with Gasteiger partial charge in [0.15, 0.2) is 0 Å². The van der Waals surface area contributed by atoms with Gasteiger partial charge in [-0.2, -0.15) is 0 Å². The Bertz CT molecular complexity index is 737. The van der Waals surface area contributed by atoms with Crippen molar-refractivity contribution >= 4 is 12.0 Å². The number of aryl methyl sites for hydroxylation is 2. The van der Waals surface area contributed by atoms with E-state index >= 15 is 0 Å². The van der Waals surface area contributed by atoms with Gasteiger partial charge in [-0.3, -0.25) is 4.79 Å². The number of esters is 1. The van der Waals surface area contributed by atoms with E-state index in [0.29, 0.717) is 13.2 Å². The van der Waals surface area contributed by atoms with Gasteiger partial charge in [0.05, 0.1) is 13.2 Å². The van der Waals surface area contributed by atoms with Crippen molar-refractivity contribution in [2.75, 3.05) is 13.2 Å². The van der Waals surface area contributed by atoms with Crippen LogP contribution in [0, 0.1) is 13.8 Å². The molecule has 0 atom stereocenters. The van der Waals surface area contributed by atoms with Crippen LogP contribution in [0.3, 0.4) is 0 Å². The van der Waals surface area contributed by atoms with Gasteiger partial charge in [0.2, 0.25) is 0 Å². The number of nitrogens with one attached hydrogen (secondary N) is 2. The van der Waals surface area contributed by atoms with Crippen molar-refractivity contribution in [1.29, 1.82) is 0 Å². The number of aromatic nitrogens is 1. The third-order valence-corrected chi connectivity index (χ3v) is 3.90. The summed E-state index contributed by atoms with van der Waals surface area (Å²) in [5.41, 5.74) is 4.72. The van der Waals surface area contributed by atoms with Crippen molar-refractivity contribution in [2.24, 2.45) is 0 Å².